The van der Waals surface area contributed by atoms with Gasteiger partial charge in [-0.2, -0.15) is 0 Å². The number of nitrogens with one attached hydrogen (secondary N) is 1. The number of carbonyl (C=O) groups is 3. The van der Waals surface area contributed by atoms with E-state index in [0.717, 1.165) is 16.8 Å². The first-order valence-corrected chi connectivity index (χ1v) is 9.41. The SMILES string of the molecule is Cc1ccc(C)c(NC(=O)CS[C@@H]2CC(=O)N(c3ccccc3)C2=O)c1. The van der Waals surface area contributed by atoms with E-state index in [0.29, 0.717) is 5.69 Å². The molecular formula is C20H20N2O3S. The predicted octanol–water partition coefficient (Wildman–Crippen LogP) is 3.31. The molecule has 3 amide bonds. The van der Waals surface area contributed by atoms with Gasteiger partial charge in [0.25, 0.3) is 0 Å². The summed E-state index contributed by atoms with van der Waals surface area (Å²) in [4.78, 5) is 38.2. The maximum absolute atomic E-state index is 12.5. The molecule has 1 N–H and O–H groups in total. The molecule has 1 atom stereocenters. The van der Waals surface area contributed by atoms with Gasteiger partial charge >= 0.3 is 0 Å². The zero-order chi connectivity index (χ0) is 18.7. The Hall–Kier alpha value is -2.60. The number of thioether (sulfide) groups is 1. The molecule has 5 nitrogen and oxygen atoms in total. The summed E-state index contributed by atoms with van der Waals surface area (Å²) in [6, 6.07) is 14.7. The lowest BCUT2D eigenvalue weighted by atomic mass is 10.1. The third-order valence-corrected chi connectivity index (χ3v) is 5.40. The van der Waals surface area contributed by atoms with Crippen molar-refractivity contribution < 1.29 is 14.4 Å². The van der Waals surface area contributed by atoms with E-state index >= 15 is 0 Å². The van der Waals surface area contributed by atoms with Crippen molar-refractivity contribution in [2.24, 2.45) is 0 Å². The van der Waals surface area contributed by atoms with Gasteiger partial charge in [-0.15, -0.1) is 11.8 Å². The second-order valence-corrected chi connectivity index (χ2v) is 7.46. The Labute approximate surface area is 156 Å². The van der Waals surface area contributed by atoms with Crippen LogP contribution in [0.25, 0.3) is 0 Å². The third-order valence-electron chi connectivity index (χ3n) is 4.20. The van der Waals surface area contributed by atoms with Crippen molar-refractivity contribution in [2.45, 2.75) is 25.5 Å². The van der Waals surface area contributed by atoms with E-state index in [9.17, 15) is 14.4 Å². The summed E-state index contributed by atoms with van der Waals surface area (Å²) in [7, 11) is 0. The zero-order valence-electron chi connectivity index (χ0n) is 14.7. The number of imide groups is 1. The highest BCUT2D eigenvalue weighted by Gasteiger charge is 2.39. The molecule has 0 radical (unpaired) electrons. The zero-order valence-corrected chi connectivity index (χ0v) is 15.5. The molecule has 0 bridgehead atoms. The lowest BCUT2D eigenvalue weighted by Crippen LogP contribution is -2.31. The fraction of sp³-hybridized carbons (Fsp3) is 0.250. The van der Waals surface area contributed by atoms with Crippen LogP contribution in [0.15, 0.2) is 48.5 Å². The quantitative estimate of drug-likeness (QED) is 0.823. The molecular weight excluding hydrogens is 348 g/mol. The van der Waals surface area contributed by atoms with Crippen molar-refractivity contribution in [1.82, 2.24) is 0 Å². The van der Waals surface area contributed by atoms with Crippen LogP contribution in [0.3, 0.4) is 0 Å². The van der Waals surface area contributed by atoms with E-state index in [1.807, 2.05) is 38.1 Å². The molecule has 26 heavy (non-hydrogen) atoms. The lowest BCUT2D eigenvalue weighted by molar-refractivity contribution is -0.121. The van der Waals surface area contributed by atoms with Gasteiger partial charge in [0.05, 0.1) is 16.7 Å². The van der Waals surface area contributed by atoms with Gasteiger partial charge in [-0.3, -0.25) is 14.4 Å². The molecule has 6 heteroatoms. The van der Waals surface area contributed by atoms with Gasteiger partial charge in [0.15, 0.2) is 0 Å². The van der Waals surface area contributed by atoms with E-state index in [-0.39, 0.29) is 29.9 Å². The Morgan fingerprint density at radius 3 is 2.62 bits per heavy atom. The van der Waals surface area contributed by atoms with Crippen molar-refractivity contribution in [3.05, 3.63) is 59.7 Å². The van der Waals surface area contributed by atoms with E-state index in [4.69, 9.17) is 0 Å². The summed E-state index contributed by atoms with van der Waals surface area (Å²) in [6.45, 7) is 3.89. The molecule has 0 aliphatic carbocycles. The van der Waals surface area contributed by atoms with Crippen LogP contribution in [0, 0.1) is 13.8 Å². The normalized spacial score (nSPS) is 16.8. The molecule has 0 aromatic heterocycles. The average molecular weight is 368 g/mol. The van der Waals surface area contributed by atoms with Gasteiger partial charge in [-0.05, 0) is 43.2 Å². The fourth-order valence-corrected chi connectivity index (χ4v) is 3.75. The van der Waals surface area contributed by atoms with Gasteiger partial charge in [0.1, 0.15) is 0 Å². The van der Waals surface area contributed by atoms with E-state index in [2.05, 4.69) is 5.32 Å². The van der Waals surface area contributed by atoms with Crippen LogP contribution in [-0.2, 0) is 14.4 Å². The smallest absolute Gasteiger partial charge is 0.247 e. The van der Waals surface area contributed by atoms with E-state index in [1.54, 1.807) is 24.3 Å². The second kappa shape index (κ2) is 7.74. The van der Waals surface area contributed by atoms with E-state index in [1.165, 1.54) is 16.7 Å². The Kier molecular flexibility index (Phi) is 5.42. The highest BCUT2D eigenvalue weighted by Crippen LogP contribution is 2.29. The number of nitrogens with zero attached hydrogens (tertiary/aromatic N) is 1. The number of anilines is 2. The molecule has 2 aromatic carbocycles. The molecule has 1 aliphatic rings. The molecule has 1 heterocycles. The van der Waals surface area contributed by atoms with Crippen molar-refractivity contribution >= 4 is 40.9 Å². The summed E-state index contributed by atoms with van der Waals surface area (Å²) in [5.74, 6) is -0.541. The van der Waals surface area contributed by atoms with Gasteiger partial charge in [0.2, 0.25) is 17.7 Å². The van der Waals surface area contributed by atoms with E-state index < -0.39 is 5.25 Å². The molecule has 0 saturated carbocycles. The van der Waals surface area contributed by atoms with Crippen LogP contribution in [0.1, 0.15) is 17.5 Å². The van der Waals surface area contributed by atoms with Crippen LogP contribution in [-0.4, -0.2) is 28.7 Å². The minimum atomic E-state index is -0.521. The Balaban J connectivity index is 1.60. The second-order valence-electron chi connectivity index (χ2n) is 6.27. The van der Waals surface area contributed by atoms with Gasteiger partial charge < -0.3 is 5.32 Å². The number of carbonyl (C=O) groups excluding carboxylic acids is 3. The number of amides is 3. The molecule has 1 fully saturated rings. The van der Waals surface area contributed by atoms with Gasteiger partial charge in [-0.1, -0.05) is 30.3 Å². The maximum atomic E-state index is 12.5. The predicted molar refractivity (Wildman–Crippen MR) is 104 cm³/mol. The van der Waals surface area contributed by atoms with Crippen LogP contribution in [0.2, 0.25) is 0 Å². The summed E-state index contributed by atoms with van der Waals surface area (Å²) < 4.78 is 0. The number of benzene rings is 2. The molecule has 1 saturated heterocycles. The van der Waals surface area contributed by atoms with Crippen molar-refractivity contribution in [1.29, 1.82) is 0 Å². The maximum Gasteiger partial charge on any atom is 0.247 e. The Morgan fingerprint density at radius 1 is 1.15 bits per heavy atom. The summed E-state index contributed by atoms with van der Waals surface area (Å²) in [5.41, 5.74) is 3.39. The molecule has 2 aromatic rings. The number of hydrogen-bond donors (Lipinski definition) is 1. The monoisotopic (exact) mass is 368 g/mol. The minimum absolute atomic E-state index is 0.120. The average Bonchev–Trinajstić information content (AvgIpc) is 2.91. The van der Waals surface area contributed by atoms with Crippen LogP contribution in [0.4, 0.5) is 11.4 Å². The van der Waals surface area contributed by atoms with Gasteiger partial charge in [0, 0.05) is 12.1 Å². The Bertz CT molecular complexity index is 851. The highest BCUT2D eigenvalue weighted by molar-refractivity contribution is 8.01. The van der Waals surface area contributed by atoms with Crippen molar-refractivity contribution in [3.63, 3.8) is 0 Å². The third kappa shape index (κ3) is 3.96. The number of para-hydroxylation sites is 1. The standard InChI is InChI=1S/C20H20N2O3S/c1-13-8-9-14(2)16(10-13)21-18(23)12-26-17-11-19(24)22(20(17)25)15-6-4-3-5-7-15/h3-10,17H,11-12H2,1-2H3,(H,21,23)/t17-/m1/s1. The van der Waals surface area contributed by atoms with Crippen molar-refractivity contribution in [3.8, 4) is 0 Å². The van der Waals surface area contributed by atoms with Crippen molar-refractivity contribution in [2.75, 3.05) is 16.0 Å². The topological polar surface area (TPSA) is 66.5 Å². The number of aryl methyl sites for hydroxylation is 2. The molecule has 3 rings (SSSR count). The minimum Gasteiger partial charge on any atom is -0.325 e. The molecule has 0 unspecified atom stereocenters. The number of rotatable bonds is 5. The first-order valence-electron chi connectivity index (χ1n) is 8.36. The fourth-order valence-electron chi connectivity index (χ4n) is 2.82. The van der Waals surface area contributed by atoms with Crippen LogP contribution in [0.5, 0.6) is 0 Å². The first kappa shape index (κ1) is 18.2. The Morgan fingerprint density at radius 2 is 1.88 bits per heavy atom. The molecule has 1 aliphatic heterocycles. The number of hydrogen-bond acceptors (Lipinski definition) is 4. The summed E-state index contributed by atoms with van der Waals surface area (Å²) in [5, 5.41) is 2.35. The largest absolute Gasteiger partial charge is 0.325 e. The van der Waals surface area contributed by atoms with Crippen LogP contribution >= 0.6 is 11.8 Å². The van der Waals surface area contributed by atoms with Gasteiger partial charge in [-0.25, -0.2) is 4.90 Å². The summed E-state index contributed by atoms with van der Waals surface area (Å²) in [6.07, 6.45) is 0.120. The highest BCUT2D eigenvalue weighted by atomic mass is 32.2. The lowest BCUT2D eigenvalue weighted by Gasteiger charge is -2.14. The molecule has 0 spiro atoms. The molecule has 134 valence electrons. The van der Waals surface area contributed by atoms with Crippen LogP contribution < -0.4 is 10.2 Å². The summed E-state index contributed by atoms with van der Waals surface area (Å²) >= 11 is 1.21. The first-order chi connectivity index (χ1) is 12.5.